The molecule has 0 bridgehead atoms. The monoisotopic (exact) mass is 725 g/mol. The van der Waals surface area contributed by atoms with Crippen LogP contribution in [-0.2, 0) is 27.5 Å². The largest absolute Gasteiger partial charge is 0.461 e. The van der Waals surface area contributed by atoms with Crippen molar-refractivity contribution < 1.29 is 42.0 Å². The molecule has 2 rings (SSSR count). The molecule has 11 nitrogen and oxygen atoms in total. The van der Waals surface area contributed by atoms with Crippen LogP contribution in [0.3, 0.4) is 0 Å². The van der Waals surface area contributed by atoms with Gasteiger partial charge in [0.1, 0.15) is 30.7 Å². The Balaban J connectivity index is 2.95. The first-order chi connectivity index (χ1) is 21.6. The number of hydrogen-bond acceptors (Lipinski definition) is 10. The molecule has 1 aromatic rings. The molecule has 1 aliphatic heterocycles. The molecule has 272 valence electrons. The van der Waals surface area contributed by atoms with E-state index in [2.05, 4.69) is 108 Å². The summed E-state index contributed by atoms with van der Waals surface area (Å²) in [6, 6.07) is 3.73. The van der Waals surface area contributed by atoms with E-state index in [-0.39, 0.29) is 38.7 Å². The molecule has 0 saturated carbocycles. The lowest BCUT2D eigenvalue weighted by Gasteiger charge is -2.53. The number of esters is 1. The van der Waals surface area contributed by atoms with Gasteiger partial charge in [0, 0.05) is 12.1 Å². The van der Waals surface area contributed by atoms with Gasteiger partial charge in [0.05, 0.1) is 10.5 Å². The zero-order chi connectivity index (χ0) is 37.3. The number of nitro groups is 1. The van der Waals surface area contributed by atoms with Gasteiger partial charge in [0.2, 0.25) is 6.29 Å². The second kappa shape index (κ2) is 15.0. The minimum Gasteiger partial charge on any atom is -0.461 e. The van der Waals surface area contributed by atoms with Gasteiger partial charge in [-0.1, -0.05) is 75.0 Å². The van der Waals surface area contributed by atoms with Crippen molar-refractivity contribution in [2.24, 2.45) is 0 Å². The molecule has 1 aromatic carbocycles. The van der Waals surface area contributed by atoms with E-state index in [4.69, 9.17) is 27.5 Å². The SMILES string of the molecule is C=CCOC(=O)[C@H]1O[C@@H](Oc2ccc([N+](=O)[O-])cc2C=O)[C@H](O[Si](C)(C)C(C)(C)C)[C@@H](O[Si](C)(C)C(C)(C)C)[C@H]1O[Si](C)(C)C(C)(C)C. The van der Waals surface area contributed by atoms with Gasteiger partial charge in [0.15, 0.2) is 37.3 Å². The average Bonchev–Trinajstić information content (AvgIpc) is 2.92. The number of benzene rings is 1. The quantitative estimate of drug-likeness (QED) is 0.0487. The molecule has 1 fully saturated rings. The molecular weight excluding hydrogens is 667 g/mol. The van der Waals surface area contributed by atoms with Gasteiger partial charge in [-0.15, -0.1) is 0 Å². The van der Waals surface area contributed by atoms with Crippen LogP contribution < -0.4 is 4.74 Å². The Bertz CT molecular complexity index is 1330. The number of non-ortho nitro benzene ring substituents is 1. The van der Waals surface area contributed by atoms with Crippen molar-refractivity contribution in [2.45, 2.75) is 147 Å². The maximum absolute atomic E-state index is 13.9. The average molecular weight is 726 g/mol. The number of ether oxygens (including phenoxy) is 3. The van der Waals surface area contributed by atoms with Crippen molar-refractivity contribution in [1.82, 2.24) is 0 Å². The summed E-state index contributed by atoms with van der Waals surface area (Å²) in [5.74, 6) is -0.640. The number of rotatable bonds is 13. The Morgan fingerprint density at radius 1 is 0.854 bits per heavy atom. The lowest BCUT2D eigenvalue weighted by molar-refractivity contribution is -0.384. The van der Waals surface area contributed by atoms with Crippen LogP contribution in [0.1, 0.15) is 72.7 Å². The fourth-order valence-corrected chi connectivity index (χ4v) is 8.10. The zero-order valence-electron chi connectivity index (χ0n) is 31.7. The Hall–Kier alpha value is -2.21. The normalized spacial score (nSPS) is 22.9. The minimum absolute atomic E-state index is 0.0393. The third-order valence-electron chi connectivity index (χ3n) is 10.4. The molecule has 0 aliphatic carbocycles. The number of carbonyl (C=O) groups excluding carboxylic acids is 2. The highest BCUT2D eigenvalue weighted by molar-refractivity contribution is 6.75. The van der Waals surface area contributed by atoms with Gasteiger partial charge in [-0.05, 0) is 60.5 Å². The highest BCUT2D eigenvalue weighted by Crippen LogP contribution is 2.46. The van der Waals surface area contributed by atoms with Crippen molar-refractivity contribution in [3.05, 3.63) is 46.5 Å². The third kappa shape index (κ3) is 9.73. The minimum atomic E-state index is -2.61. The molecule has 0 amide bonds. The van der Waals surface area contributed by atoms with Gasteiger partial charge in [-0.3, -0.25) is 14.9 Å². The first-order valence-corrected chi connectivity index (χ1v) is 25.2. The van der Waals surface area contributed by atoms with Crippen LogP contribution >= 0.6 is 0 Å². The lowest BCUT2D eigenvalue weighted by Crippen LogP contribution is -2.69. The molecule has 0 unspecified atom stereocenters. The molecule has 0 radical (unpaired) electrons. The molecule has 14 heteroatoms. The second-order valence-electron chi connectivity index (χ2n) is 17.1. The molecule has 48 heavy (non-hydrogen) atoms. The molecule has 1 heterocycles. The predicted octanol–water partition coefficient (Wildman–Crippen LogP) is 8.41. The highest BCUT2D eigenvalue weighted by atomic mass is 28.4. The Kier molecular flexibility index (Phi) is 13.1. The van der Waals surface area contributed by atoms with E-state index < -0.39 is 66.6 Å². The fourth-order valence-electron chi connectivity index (χ4n) is 4.23. The summed E-state index contributed by atoms with van der Waals surface area (Å²) in [7, 11) is -7.81. The number of carbonyl (C=O) groups is 2. The zero-order valence-corrected chi connectivity index (χ0v) is 34.7. The van der Waals surface area contributed by atoms with Crippen LogP contribution in [-0.4, -0.2) is 79.4 Å². The van der Waals surface area contributed by atoms with Gasteiger partial charge < -0.3 is 27.5 Å². The Morgan fingerprint density at radius 3 is 1.73 bits per heavy atom. The van der Waals surface area contributed by atoms with E-state index in [1.165, 1.54) is 18.2 Å². The van der Waals surface area contributed by atoms with Crippen molar-refractivity contribution in [2.75, 3.05) is 6.61 Å². The topological polar surface area (TPSA) is 133 Å². The van der Waals surface area contributed by atoms with E-state index >= 15 is 0 Å². The molecular formula is C34H59NO10Si3. The Labute approximate surface area is 290 Å². The molecule has 0 spiro atoms. The number of aldehydes is 1. The van der Waals surface area contributed by atoms with Crippen molar-refractivity contribution in [1.29, 1.82) is 0 Å². The summed E-state index contributed by atoms with van der Waals surface area (Å²) in [5.41, 5.74) is -0.317. The van der Waals surface area contributed by atoms with Crippen LogP contribution in [0.5, 0.6) is 5.75 Å². The first-order valence-electron chi connectivity index (χ1n) is 16.5. The first kappa shape index (κ1) is 42.0. The van der Waals surface area contributed by atoms with E-state index in [1.807, 2.05) is 0 Å². The second-order valence-corrected chi connectivity index (χ2v) is 31.4. The van der Waals surface area contributed by atoms with Gasteiger partial charge >= 0.3 is 5.97 Å². The van der Waals surface area contributed by atoms with Crippen LogP contribution in [0.25, 0.3) is 0 Å². The molecule has 0 aromatic heterocycles. The van der Waals surface area contributed by atoms with Crippen LogP contribution in [0.15, 0.2) is 30.9 Å². The van der Waals surface area contributed by atoms with Crippen molar-refractivity contribution in [3.63, 3.8) is 0 Å². The fraction of sp³-hybridized carbons (Fsp3) is 0.706. The van der Waals surface area contributed by atoms with E-state index in [0.29, 0.717) is 6.29 Å². The van der Waals surface area contributed by atoms with E-state index in [1.54, 1.807) is 0 Å². The predicted molar refractivity (Wildman–Crippen MR) is 195 cm³/mol. The smallest absolute Gasteiger partial charge is 0.338 e. The van der Waals surface area contributed by atoms with Gasteiger partial charge in [0.25, 0.3) is 5.69 Å². The summed E-state index contributed by atoms with van der Waals surface area (Å²) < 4.78 is 40.0. The van der Waals surface area contributed by atoms with E-state index in [9.17, 15) is 19.7 Å². The van der Waals surface area contributed by atoms with Crippen molar-refractivity contribution >= 4 is 42.9 Å². The highest BCUT2D eigenvalue weighted by Gasteiger charge is 2.59. The van der Waals surface area contributed by atoms with E-state index in [0.717, 1.165) is 6.07 Å². The maximum Gasteiger partial charge on any atom is 0.338 e. The maximum atomic E-state index is 13.9. The molecule has 0 N–H and O–H groups in total. The van der Waals surface area contributed by atoms with Gasteiger partial charge in [-0.2, -0.15) is 0 Å². The van der Waals surface area contributed by atoms with Crippen LogP contribution in [0.2, 0.25) is 54.4 Å². The van der Waals surface area contributed by atoms with Gasteiger partial charge in [-0.25, -0.2) is 4.79 Å². The number of hydrogen-bond donors (Lipinski definition) is 0. The Morgan fingerprint density at radius 2 is 1.31 bits per heavy atom. The number of nitrogens with zero attached hydrogens (tertiary/aromatic N) is 1. The summed E-state index contributed by atoms with van der Waals surface area (Å²) in [4.78, 5) is 36.9. The van der Waals surface area contributed by atoms with Crippen molar-refractivity contribution in [3.8, 4) is 5.75 Å². The molecule has 1 saturated heterocycles. The molecule has 5 atom stereocenters. The van der Waals surface area contributed by atoms with Crippen LogP contribution in [0, 0.1) is 10.1 Å². The third-order valence-corrected chi connectivity index (χ3v) is 23.8. The summed E-state index contributed by atoms with van der Waals surface area (Å²) in [5, 5.41) is 10.8. The lowest BCUT2D eigenvalue weighted by atomic mass is 9.99. The van der Waals surface area contributed by atoms with Crippen LogP contribution in [0.4, 0.5) is 5.69 Å². The number of nitro benzene ring substituents is 1. The summed E-state index contributed by atoms with van der Waals surface area (Å²) in [6.45, 7) is 35.3. The summed E-state index contributed by atoms with van der Waals surface area (Å²) in [6.07, 6.45) is -3.34. The summed E-state index contributed by atoms with van der Waals surface area (Å²) >= 11 is 0. The standard InChI is InChI=1S/C34H59NO10Si3/c1-17-20-40-30(37)28-26(43-46(11,12)32(2,3)4)27(44-47(13,14)33(5,6)7)29(45-48(15,16)34(8,9)10)31(42-28)41-25-19-18-24(35(38)39)21-23(25)22-36/h17-19,21-22,26-29,31H,1,20H2,2-16H3/t26-,27+,28+,29-,31-/m1/s1. The molecule has 1 aliphatic rings.